The van der Waals surface area contributed by atoms with E-state index < -0.39 is 17.6 Å². The molecular formula is C17H11Cl2FN2O3. The van der Waals surface area contributed by atoms with Gasteiger partial charge in [0.1, 0.15) is 22.3 Å². The lowest BCUT2D eigenvalue weighted by atomic mass is 10.2. The standard InChI is InChI=1S/C17H11Cl2FN2O3/c1-25-13-7-4-10(8-12(13)18)21-15-14(19)16(23)22(17(15)24)11-5-2-9(20)3-6-11/h2-8,21H,1H3. The molecule has 0 atom stereocenters. The third-order valence-corrected chi connectivity index (χ3v) is 4.18. The first kappa shape index (κ1) is 17.3. The van der Waals surface area contributed by atoms with Crippen molar-refractivity contribution >= 4 is 46.4 Å². The van der Waals surface area contributed by atoms with Crippen molar-refractivity contribution in [2.45, 2.75) is 0 Å². The number of imide groups is 1. The Bertz CT molecular complexity index is 897. The number of nitrogens with zero attached hydrogens (tertiary/aromatic N) is 1. The third kappa shape index (κ3) is 3.18. The number of amides is 2. The predicted octanol–water partition coefficient (Wildman–Crippen LogP) is 3.92. The Labute approximate surface area is 152 Å². The minimum atomic E-state index is -0.694. The van der Waals surface area contributed by atoms with E-state index in [2.05, 4.69) is 5.32 Å². The van der Waals surface area contributed by atoms with Gasteiger partial charge < -0.3 is 10.1 Å². The van der Waals surface area contributed by atoms with Crippen LogP contribution in [-0.2, 0) is 9.59 Å². The molecular weight excluding hydrogens is 370 g/mol. The number of benzene rings is 2. The molecule has 3 rings (SSSR count). The molecule has 0 saturated carbocycles. The van der Waals surface area contributed by atoms with Crippen LogP contribution in [0.2, 0.25) is 5.02 Å². The van der Waals surface area contributed by atoms with Gasteiger partial charge in [-0.1, -0.05) is 23.2 Å². The number of nitrogens with one attached hydrogen (secondary N) is 1. The van der Waals surface area contributed by atoms with Crippen molar-refractivity contribution in [1.29, 1.82) is 0 Å². The lowest BCUT2D eigenvalue weighted by Crippen LogP contribution is -2.32. The minimum Gasteiger partial charge on any atom is -0.495 e. The van der Waals surface area contributed by atoms with E-state index in [1.165, 1.54) is 25.3 Å². The highest BCUT2D eigenvalue weighted by atomic mass is 35.5. The molecule has 0 radical (unpaired) electrons. The highest BCUT2D eigenvalue weighted by molar-refractivity contribution is 6.53. The average molecular weight is 381 g/mol. The number of carbonyl (C=O) groups is 2. The van der Waals surface area contributed by atoms with Crippen molar-refractivity contribution in [3.63, 3.8) is 0 Å². The molecule has 25 heavy (non-hydrogen) atoms. The van der Waals surface area contributed by atoms with E-state index in [4.69, 9.17) is 27.9 Å². The number of hydrogen-bond acceptors (Lipinski definition) is 4. The summed E-state index contributed by atoms with van der Waals surface area (Å²) >= 11 is 12.1. The molecule has 0 aliphatic carbocycles. The lowest BCUT2D eigenvalue weighted by Gasteiger charge is -2.15. The Morgan fingerprint density at radius 2 is 1.72 bits per heavy atom. The fourth-order valence-electron chi connectivity index (χ4n) is 2.32. The fraction of sp³-hybridized carbons (Fsp3) is 0.0588. The van der Waals surface area contributed by atoms with Crippen molar-refractivity contribution < 1.29 is 18.7 Å². The molecule has 1 heterocycles. The van der Waals surface area contributed by atoms with Crippen LogP contribution in [0, 0.1) is 5.82 Å². The van der Waals surface area contributed by atoms with E-state index >= 15 is 0 Å². The number of methoxy groups -OCH3 is 1. The van der Waals surface area contributed by atoms with E-state index in [0.29, 0.717) is 16.5 Å². The van der Waals surface area contributed by atoms with Gasteiger partial charge in [0.25, 0.3) is 11.8 Å². The Kier molecular flexibility index (Phi) is 4.65. The normalized spacial score (nSPS) is 14.3. The first-order valence-electron chi connectivity index (χ1n) is 7.07. The Hall–Kier alpha value is -2.57. The van der Waals surface area contributed by atoms with E-state index in [1.54, 1.807) is 12.1 Å². The molecule has 0 bridgehead atoms. The van der Waals surface area contributed by atoms with Crippen LogP contribution in [0.15, 0.2) is 53.2 Å². The third-order valence-electron chi connectivity index (χ3n) is 3.53. The predicted molar refractivity (Wildman–Crippen MR) is 93.4 cm³/mol. The molecule has 1 N–H and O–H groups in total. The summed E-state index contributed by atoms with van der Waals surface area (Å²) in [5.41, 5.74) is 0.595. The van der Waals surface area contributed by atoms with Crippen LogP contribution in [-0.4, -0.2) is 18.9 Å². The van der Waals surface area contributed by atoms with Gasteiger partial charge in [-0.15, -0.1) is 0 Å². The summed E-state index contributed by atoms with van der Waals surface area (Å²) in [7, 11) is 1.48. The van der Waals surface area contributed by atoms with Gasteiger partial charge in [0.15, 0.2) is 0 Å². The number of ether oxygens (including phenoxy) is 1. The number of hydrogen-bond donors (Lipinski definition) is 1. The van der Waals surface area contributed by atoms with Crippen molar-refractivity contribution in [1.82, 2.24) is 0 Å². The van der Waals surface area contributed by atoms with Gasteiger partial charge in [-0.25, -0.2) is 9.29 Å². The second-order valence-electron chi connectivity index (χ2n) is 5.09. The minimum absolute atomic E-state index is 0.0859. The topological polar surface area (TPSA) is 58.6 Å². The van der Waals surface area contributed by atoms with Gasteiger partial charge in [-0.05, 0) is 42.5 Å². The van der Waals surface area contributed by atoms with Gasteiger partial charge in [0.2, 0.25) is 0 Å². The zero-order valence-corrected chi connectivity index (χ0v) is 14.4. The fourth-order valence-corrected chi connectivity index (χ4v) is 2.79. The highest BCUT2D eigenvalue weighted by Gasteiger charge is 2.38. The van der Waals surface area contributed by atoms with Crippen LogP contribution in [0.4, 0.5) is 15.8 Å². The average Bonchev–Trinajstić information content (AvgIpc) is 2.80. The van der Waals surface area contributed by atoms with Gasteiger partial charge in [-0.3, -0.25) is 9.59 Å². The molecule has 2 amide bonds. The molecule has 0 spiro atoms. The van der Waals surface area contributed by atoms with E-state index in [-0.39, 0.29) is 16.4 Å². The maximum Gasteiger partial charge on any atom is 0.283 e. The number of rotatable bonds is 4. The van der Waals surface area contributed by atoms with Crippen molar-refractivity contribution in [3.8, 4) is 5.75 Å². The van der Waals surface area contributed by atoms with Crippen LogP contribution in [0.25, 0.3) is 0 Å². The van der Waals surface area contributed by atoms with Gasteiger partial charge in [0.05, 0.1) is 17.8 Å². The molecule has 2 aromatic carbocycles. The molecule has 0 aromatic heterocycles. The monoisotopic (exact) mass is 380 g/mol. The van der Waals surface area contributed by atoms with Gasteiger partial charge in [-0.2, -0.15) is 0 Å². The molecule has 8 heteroatoms. The number of carbonyl (C=O) groups excluding carboxylic acids is 2. The van der Waals surface area contributed by atoms with Crippen molar-refractivity contribution in [2.24, 2.45) is 0 Å². The van der Waals surface area contributed by atoms with Gasteiger partial charge >= 0.3 is 0 Å². The first-order valence-corrected chi connectivity index (χ1v) is 7.82. The number of anilines is 2. The van der Waals surface area contributed by atoms with Crippen LogP contribution in [0.3, 0.4) is 0 Å². The zero-order chi connectivity index (χ0) is 18.1. The van der Waals surface area contributed by atoms with E-state index in [9.17, 15) is 14.0 Å². The van der Waals surface area contributed by atoms with Crippen LogP contribution in [0.5, 0.6) is 5.75 Å². The summed E-state index contributed by atoms with van der Waals surface area (Å²) in [6.45, 7) is 0. The van der Waals surface area contributed by atoms with Gasteiger partial charge in [0, 0.05) is 5.69 Å². The molecule has 2 aromatic rings. The molecule has 1 aliphatic rings. The van der Waals surface area contributed by atoms with Crippen molar-refractivity contribution in [3.05, 3.63) is 64.0 Å². The summed E-state index contributed by atoms with van der Waals surface area (Å²) in [4.78, 5) is 25.7. The van der Waals surface area contributed by atoms with Crippen LogP contribution in [0.1, 0.15) is 0 Å². The summed E-state index contributed by atoms with van der Waals surface area (Å²) < 4.78 is 18.1. The smallest absolute Gasteiger partial charge is 0.283 e. The summed E-state index contributed by atoms with van der Waals surface area (Å²) in [6, 6.07) is 9.72. The summed E-state index contributed by atoms with van der Waals surface area (Å²) in [5, 5.41) is 2.86. The summed E-state index contributed by atoms with van der Waals surface area (Å²) in [5.74, 6) is -1.35. The quantitative estimate of drug-likeness (QED) is 0.816. The maximum absolute atomic E-state index is 13.0. The lowest BCUT2D eigenvalue weighted by molar-refractivity contribution is -0.120. The Morgan fingerprint density at radius 1 is 1.04 bits per heavy atom. The molecule has 128 valence electrons. The second-order valence-corrected chi connectivity index (χ2v) is 5.87. The Balaban J connectivity index is 1.89. The highest BCUT2D eigenvalue weighted by Crippen LogP contribution is 2.32. The summed E-state index contributed by atoms with van der Waals surface area (Å²) in [6.07, 6.45) is 0. The molecule has 0 fully saturated rings. The van der Waals surface area contributed by atoms with Crippen molar-refractivity contribution in [2.75, 3.05) is 17.3 Å². The molecule has 5 nitrogen and oxygen atoms in total. The largest absolute Gasteiger partial charge is 0.495 e. The van der Waals surface area contributed by atoms with Crippen LogP contribution >= 0.6 is 23.2 Å². The van der Waals surface area contributed by atoms with E-state index in [1.807, 2.05) is 0 Å². The molecule has 0 saturated heterocycles. The maximum atomic E-state index is 13.0. The molecule has 1 aliphatic heterocycles. The number of halogens is 3. The first-order chi connectivity index (χ1) is 11.9. The van der Waals surface area contributed by atoms with Crippen LogP contribution < -0.4 is 15.0 Å². The second kappa shape index (κ2) is 6.74. The zero-order valence-electron chi connectivity index (χ0n) is 12.8. The SMILES string of the molecule is COc1ccc(NC2=C(Cl)C(=O)N(c3ccc(F)cc3)C2=O)cc1Cl. The molecule has 0 unspecified atom stereocenters. The Morgan fingerprint density at radius 3 is 2.32 bits per heavy atom. The van der Waals surface area contributed by atoms with E-state index in [0.717, 1.165) is 17.0 Å².